The number of ether oxygens (including phenoxy) is 1. The predicted molar refractivity (Wildman–Crippen MR) is 47.2 cm³/mol. The fourth-order valence-electron chi connectivity index (χ4n) is 1.08. The van der Waals surface area contributed by atoms with Gasteiger partial charge in [0.15, 0.2) is 0 Å². The average molecular weight is 197 g/mol. The number of benzene rings is 1. The van der Waals surface area contributed by atoms with Gasteiger partial charge >= 0.3 is 6.61 Å². The first kappa shape index (κ1) is 10.5. The molecular formula is C10H9F2NO. The van der Waals surface area contributed by atoms with Crippen molar-refractivity contribution in [2.75, 3.05) is 0 Å². The molecule has 0 N–H and O–H groups in total. The van der Waals surface area contributed by atoms with Gasteiger partial charge in [0.1, 0.15) is 11.8 Å². The number of hydrogen-bond acceptors (Lipinski definition) is 2. The number of halogens is 2. The zero-order valence-electron chi connectivity index (χ0n) is 7.63. The van der Waals surface area contributed by atoms with Crippen LogP contribution >= 0.6 is 0 Å². The first-order valence-corrected chi connectivity index (χ1v) is 4.15. The van der Waals surface area contributed by atoms with E-state index in [1.54, 1.807) is 12.1 Å². The molecule has 1 aromatic carbocycles. The average Bonchev–Trinajstić information content (AvgIpc) is 2.17. The summed E-state index contributed by atoms with van der Waals surface area (Å²) < 4.78 is 28.0. The standard InChI is InChI=1S/C10H9F2NO/c1-2-7-3-4-9(14-10(11)12)8(5-7)6-13/h3-5,10H,2H2,1H3. The van der Waals surface area contributed by atoms with E-state index < -0.39 is 6.61 Å². The SMILES string of the molecule is CCc1ccc(OC(F)F)c(C#N)c1. The summed E-state index contributed by atoms with van der Waals surface area (Å²) in [6.45, 7) is -0.973. The van der Waals surface area contributed by atoms with Crippen molar-refractivity contribution in [2.45, 2.75) is 20.0 Å². The quantitative estimate of drug-likeness (QED) is 0.746. The minimum absolute atomic E-state index is 0.0697. The highest BCUT2D eigenvalue weighted by Gasteiger charge is 2.09. The molecule has 0 atom stereocenters. The normalized spacial score (nSPS) is 9.93. The van der Waals surface area contributed by atoms with E-state index in [0.717, 1.165) is 12.0 Å². The number of aryl methyl sites for hydroxylation is 1. The highest BCUT2D eigenvalue weighted by Crippen LogP contribution is 2.21. The molecule has 4 heteroatoms. The van der Waals surface area contributed by atoms with Gasteiger partial charge in [-0.1, -0.05) is 13.0 Å². The molecule has 0 unspecified atom stereocenters. The van der Waals surface area contributed by atoms with Crippen molar-refractivity contribution in [1.82, 2.24) is 0 Å². The molecule has 0 saturated carbocycles. The Balaban J connectivity index is 3.01. The molecule has 1 rings (SSSR count). The van der Waals surface area contributed by atoms with Crippen molar-refractivity contribution in [1.29, 1.82) is 5.26 Å². The summed E-state index contributed by atoms with van der Waals surface area (Å²) in [5, 5.41) is 8.68. The van der Waals surface area contributed by atoms with E-state index in [4.69, 9.17) is 5.26 Å². The number of hydrogen-bond donors (Lipinski definition) is 0. The second-order valence-electron chi connectivity index (χ2n) is 2.67. The molecule has 0 aromatic heterocycles. The zero-order chi connectivity index (χ0) is 10.6. The van der Waals surface area contributed by atoms with E-state index in [9.17, 15) is 8.78 Å². The van der Waals surface area contributed by atoms with Gasteiger partial charge in [-0.2, -0.15) is 14.0 Å². The van der Waals surface area contributed by atoms with E-state index in [-0.39, 0.29) is 11.3 Å². The topological polar surface area (TPSA) is 33.0 Å². The maximum absolute atomic E-state index is 11.9. The lowest BCUT2D eigenvalue weighted by molar-refractivity contribution is -0.0500. The smallest absolute Gasteiger partial charge is 0.387 e. The summed E-state index contributed by atoms with van der Waals surface area (Å²) in [6.07, 6.45) is 0.754. The van der Waals surface area contributed by atoms with Crippen molar-refractivity contribution < 1.29 is 13.5 Å². The maximum Gasteiger partial charge on any atom is 0.387 e. The molecule has 0 radical (unpaired) electrons. The van der Waals surface area contributed by atoms with Crippen LogP contribution in [0.3, 0.4) is 0 Å². The van der Waals surface area contributed by atoms with Gasteiger partial charge in [0.2, 0.25) is 0 Å². The lowest BCUT2D eigenvalue weighted by atomic mass is 10.1. The molecule has 0 amide bonds. The van der Waals surface area contributed by atoms with E-state index in [0.29, 0.717) is 0 Å². The van der Waals surface area contributed by atoms with Crippen LogP contribution in [0, 0.1) is 11.3 Å². The van der Waals surface area contributed by atoms with Gasteiger partial charge in [0.25, 0.3) is 0 Å². The first-order valence-electron chi connectivity index (χ1n) is 4.15. The number of nitrogens with zero attached hydrogens (tertiary/aromatic N) is 1. The van der Waals surface area contributed by atoms with E-state index in [1.165, 1.54) is 6.07 Å². The maximum atomic E-state index is 11.9. The van der Waals surface area contributed by atoms with E-state index in [1.807, 2.05) is 13.0 Å². The largest absolute Gasteiger partial charge is 0.433 e. The third-order valence-corrected chi connectivity index (χ3v) is 1.79. The molecule has 74 valence electrons. The molecule has 0 spiro atoms. The van der Waals surface area contributed by atoms with Crippen molar-refractivity contribution in [3.8, 4) is 11.8 Å². The molecule has 0 heterocycles. The van der Waals surface area contributed by atoms with Crippen molar-refractivity contribution in [2.24, 2.45) is 0 Å². The van der Waals surface area contributed by atoms with Gasteiger partial charge in [-0.3, -0.25) is 0 Å². The Hall–Kier alpha value is -1.63. The number of nitriles is 1. The molecular weight excluding hydrogens is 188 g/mol. The van der Waals surface area contributed by atoms with Crippen molar-refractivity contribution in [3.05, 3.63) is 29.3 Å². The van der Waals surface area contributed by atoms with Gasteiger partial charge in [-0.15, -0.1) is 0 Å². The van der Waals surface area contributed by atoms with Crippen LogP contribution < -0.4 is 4.74 Å². The summed E-state index contributed by atoms with van der Waals surface area (Å²) >= 11 is 0. The lowest BCUT2D eigenvalue weighted by Gasteiger charge is -2.06. The minimum atomic E-state index is -2.89. The Bertz CT molecular complexity index is 358. The van der Waals surface area contributed by atoms with Gasteiger partial charge in [-0.05, 0) is 24.1 Å². The van der Waals surface area contributed by atoms with Crippen molar-refractivity contribution >= 4 is 0 Å². The Morgan fingerprint density at radius 1 is 1.50 bits per heavy atom. The second kappa shape index (κ2) is 4.56. The first-order chi connectivity index (χ1) is 6.67. The van der Waals surface area contributed by atoms with Crippen LogP contribution in [0.15, 0.2) is 18.2 Å². The fourth-order valence-corrected chi connectivity index (χ4v) is 1.08. The molecule has 0 fully saturated rings. The van der Waals surface area contributed by atoms with Crippen LogP contribution in [-0.2, 0) is 6.42 Å². The predicted octanol–water partition coefficient (Wildman–Crippen LogP) is 2.72. The Morgan fingerprint density at radius 3 is 2.71 bits per heavy atom. The number of rotatable bonds is 3. The Kier molecular flexibility index (Phi) is 3.41. The third-order valence-electron chi connectivity index (χ3n) is 1.79. The number of alkyl halides is 2. The van der Waals surface area contributed by atoms with Gasteiger partial charge in [0.05, 0.1) is 5.56 Å². The molecule has 2 nitrogen and oxygen atoms in total. The molecule has 0 aliphatic carbocycles. The molecule has 0 bridgehead atoms. The van der Waals surface area contributed by atoms with Crippen molar-refractivity contribution in [3.63, 3.8) is 0 Å². The second-order valence-corrected chi connectivity index (χ2v) is 2.67. The molecule has 0 aliphatic rings. The summed E-state index contributed by atoms with van der Waals surface area (Å²) in [5.41, 5.74) is 1.06. The van der Waals surface area contributed by atoms with Crippen LogP contribution in [0.5, 0.6) is 5.75 Å². The summed E-state index contributed by atoms with van der Waals surface area (Å²) in [6, 6.07) is 6.43. The molecule has 14 heavy (non-hydrogen) atoms. The van der Waals surface area contributed by atoms with Crippen LogP contribution in [0.25, 0.3) is 0 Å². The van der Waals surface area contributed by atoms with Crippen LogP contribution in [0.4, 0.5) is 8.78 Å². The summed E-state index contributed by atoms with van der Waals surface area (Å²) in [4.78, 5) is 0. The molecule has 0 aliphatic heterocycles. The van der Waals surface area contributed by atoms with Crippen LogP contribution in [0.2, 0.25) is 0 Å². The Labute approximate surface area is 80.7 Å². The summed E-state index contributed by atoms with van der Waals surface area (Å²) in [7, 11) is 0. The molecule has 1 aromatic rings. The van der Waals surface area contributed by atoms with E-state index in [2.05, 4.69) is 4.74 Å². The molecule has 0 saturated heterocycles. The summed E-state index contributed by atoms with van der Waals surface area (Å²) in [5.74, 6) is -0.0697. The highest BCUT2D eigenvalue weighted by molar-refractivity contribution is 5.45. The van der Waals surface area contributed by atoms with Gasteiger partial charge in [0, 0.05) is 0 Å². The third kappa shape index (κ3) is 2.43. The van der Waals surface area contributed by atoms with Crippen LogP contribution in [0.1, 0.15) is 18.1 Å². The highest BCUT2D eigenvalue weighted by atomic mass is 19.3. The lowest BCUT2D eigenvalue weighted by Crippen LogP contribution is -2.03. The minimum Gasteiger partial charge on any atom is -0.433 e. The van der Waals surface area contributed by atoms with Gasteiger partial charge < -0.3 is 4.74 Å². The van der Waals surface area contributed by atoms with Gasteiger partial charge in [-0.25, -0.2) is 0 Å². The fraction of sp³-hybridized carbons (Fsp3) is 0.300. The monoisotopic (exact) mass is 197 g/mol. The van der Waals surface area contributed by atoms with Crippen LogP contribution in [-0.4, -0.2) is 6.61 Å². The van der Waals surface area contributed by atoms with E-state index >= 15 is 0 Å². The zero-order valence-corrected chi connectivity index (χ0v) is 7.63. The Morgan fingerprint density at radius 2 is 2.21 bits per heavy atom.